The van der Waals surface area contributed by atoms with Gasteiger partial charge in [-0.2, -0.15) is 13.2 Å². The molecule has 1 amide bonds. The normalized spacial score (nSPS) is 22.1. The number of carbonyl (C=O) groups is 2. The van der Waals surface area contributed by atoms with Crippen molar-refractivity contribution >= 4 is 11.9 Å². The van der Waals surface area contributed by atoms with Gasteiger partial charge in [0.1, 0.15) is 6.61 Å². The average molecular weight is 487 g/mol. The van der Waals surface area contributed by atoms with E-state index in [9.17, 15) is 18.0 Å². The maximum atomic E-state index is 12.2. The van der Waals surface area contributed by atoms with Gasteiger partial charge in [0.15, 0.2) is 0 Å². The van der Waals surface area contributed by atoms with Crippen molar-refractivity contribution in [3.05, 3.63) is 34.9 Å². The molecule has 190 valence electrons. The van der Waals surface area contributed by atoms with Crippen LogP contribution in [0.1, 0.15) is 42.4 Å². The van der Waals surface area contributed by atoms with Gasteiger partial charge in [-0.25, -0.2) is 4.79 Å². The van der Waals surface area contributed by atoms with Crippen molar-refractivity contribution in [3.8, 4) is 0 Å². The molecule has 0 aliphatic carbocycles. The number of halogens is 3. The Balaban J connectivity index is 0.000000406. The minimum Gasteiger partial charge on any atom is -0.475 e. The summed E-state index contributed by atoms with van der Waals surface area (Å²) in [7, 11) is 0. The largest absolute Gasteiger partial charge is 0.490 e. The smallest absolute Gasteiger partial charge is 0.475 e. The molecule has 0 radical (unpaired) electrons. The summed E-state index contributed by atoms with van der Waals surface area (Å²) >= 11 is 0. The lowest BCUT2D eigenvalue weighted by Gasteiger charge is -2.53. The molecule has 0 aromatic heterocycles. The van der Waals surface area contributed by atoms with E-state index in [1.807, 2.05) is 4.90 Å². The highest BCUT2D eigenvalue weighted by Crippen LogP contribution is 2.36. The van der Waals surface area contributed by atoms with Crippen LogP contribution in [0, 0.1) is 13.8 Å². The molecule has 1 N–H and O–H groups in total. The summed E-state index contributed by atoms with van der Waals surface area (Å²) in [5, 5.41) is 7.12. The minimum atomic E-state index is -5.08. The number of rotatable bonds is 5. The van der Waals surface area contributed by atoms with Gasteiger partial charge in [0.05, 0.1) is 11.7 Å². The molecule has 3 heterocycles. The highest BCUT2D eigenvalue weighted by molar-refractivity contribution is 5.77. The van der Waals surface area contributed by atoms with Crippen molar-refractivity contribution in [2.24, 2.45) is 0 Å². The van der Waals surface area contributed by atoms with Crippen molar-refractivity contribution < 1.29 is 37.3 Å². The standard InChI is InChI=1S/C22H32N2O3.C2HF3O2/c1-17-5-6-18(2)19(11-17)13-23-15-22(16-23)12-20(7-10-27-22)26-14-21(25)24-8-3-4-9-24;3-2(4,5)1(6)7/h5-6,11,20H,3-4,7-10,12-16H2,1-2H3;(H,6,7). The van der Waals surface area contributed by atoms with Gasteiger partial charge < -0.3 is 19.5 Å². The Morgan fingerprint density at radius 3 is 2.47 bits per heavy atom. The zero-order valence-electron chi connectivity index (χ0n) is 19.7. The number of carbonyl (C=O) groups excluding carboxylic acids is 1. The number of nitrogens with zero attached hydrogens (tertiary/aromatic N) is 2. The molecule has 0 bridgehead atoms. The highest BCUT2D eigenvalue weighted by Gasteiger charge is 2.47. The van der Waals surface area contributed by atoms with Crippen LogP contribution in [0.4, 0.5) is 13.2 Å². The van der Waals surface area contributed by atoms with E-state index in [1.165, 1.54) is 16.7 Å². The second kappa shape index (κ2) is 11.0. The van der Waals surface area contributed by atoms with Crippen molar-refractivity contribution in [2.75, 3.05) is 39.4 Å². The summed E-state index contributed by atoms with van der Waals surface area (Å²) < 4.78 is 43.9. The first-order valence-electron chi connectivity index (χ1n) is 11.6. The van der Waals surface area contributed by atoms with Crippen LogP contribution in [-0.4, -0.2) is 84.1 Å². The number of alkyl halides is 3. The number of aryl methyl sites for hydroxylation is 2. The Morgan fingerprint density at radius 2 is 1.85 bits per heavy atom. The first-order valence-corrected chi connectivity index (χ1v) is 11.6. The molecule has 1 atom stereocenters. The molecule has 3 aliphatic rings. The van der Waals surface area contributed by atoms with E-state index < -0.39 is 12.1 Å². The zero-order valence-corrected chi connectivity index (χ0v) is 19.7. The van der Waals surface area contributed by atoms with E-state index in [4.69, 9.17) is 19.4 Å². The molecule has 10 heteroatoms. The third kappa shape index (κ3) is 7.16. The molecular formula is C24H33F3N2O5. The average Bonchev–Trinajstić information content (AvgIpc) is 3.29. The van der Waals surface area contributed by atoms with E-state index in [2.05, 4.69) is 36.9 Å². The number of amides is 1. The molecule has 4 rings (SSSR count). The monoisotopic (exact) mass is 486 g/mol. The number of likely N-dealkylation sites (tertiary alicyclic amines) is 2. The maximum absolute atomic E-state index is 12.2. The van der Waals surface area contributed by atoms with Crippen LogP contribution >= 0.6 is 0 Å². The van der Waals surface area contributed by atoms with E-state index >= 15 is 0 Å². The fourth-order valence-corrected chi connectivity index (χ4v) is 4.68. The van der Waals surface area contributed by atoms with Crippen LogP contribution < -0.4 is 0 Å². The Morgan fingerprint density at radius 1 is 1.21 bits per heavy atom. The van der Waals surface area contributed by atoms with Crippen LogP contribution in [0.25, 0.3) is 0 Å². The van der Waals surface area contributed by atoms with Gasteiger partial charge >= 0.3 is 12.1 Å². The first-order chi connectivity index (χ1) is 16.0. The summed E-state index contributed by atoms with van der Waals surface area (Å²) in [6.07, 6.45) is -0.881. The Kier molecular flexibility index (Phi) is 8.59. The predicted molar refractivity (Wildman–Crippen MR) is 118 cm³/mol. The van der Waals surface area contributed by atoms with E-state index in [0.717, 1.165) is 65.0 Å². The number of hydrogen-bond donors (Lipinski definition) is 1. The highest BCUT2D eigenvalue weighted by atomic mass is 19.4. The third-order valence-electron chi connectivity index (χ3n) is 6.51. The molecule has 3 aliphatic heterocycles. The topological polar surface area (TPSA) is 79.3 Å². The second-order valence-electron chi connectivity index (χ2n) is 9.42. The van der Waals surface area contributed by atoms with Crippen LogP contribution in [0.3, 0.4) is 0 Å². The van der Waals surface area contributed by atoms with E-state index in [0.29, 0.717) is 0 Å². The van der Waals surface area contributed by atoms with Crippen LogP contribution in [0.15, 0.2) is 18.2 Å². The van der Waals surface area contributed by atoms with Crippen LogP contribution in [0.2, 0.25) is 0 Å². The Bertz CT molecular complexity index is 865. The lowest BCUT2D eigenvalue weighted by molar-refractivity contribution is -0.200. The van der Waals surface area contributed by atoms with Gasteiger partial charge in [0.25, 0.3) is 0 Å². The molecule has 7 nitrogen and oxygen atoms in total. The zero-order chi connectivity index (χ0) is 24.9. The fraction of sp³-hybridized carbons (Fsp3) is 0.667. The van der Waals surface area contributed by atoms with E-state index in [1.54, 1.807) is 0 Å². The van der Waals surface area contributed by atoms with Gasteiger partial charge in [0, 0.05) is 45.8 Å². The van der Waals surface area contributed by atoms with Gasteiger partial charge in [-0.05, 0) is 44.2 Å². The number of carboxylic acids is 1. The predicted octanol–water partition coefficient (Wildman–Crippen LogP) is 3.31. The number of ether oxygens (including phenoxy) is 2. The Hall–Kier alpha value is -2.17. The van der Waals surface area contributed by atoms with Crippen LogP contribution in [-0.2, 0) is 25.6 Å². The maximum Gasteiger partial charge on any atom is 0.490 e. The van der Waals surface area contributed by atoms with Gasteiger partial charge in [-0.1, -0.05) is 23.8 Å². The van der Waals surface area contributed by atoms with Gasteiger partial charge in [0.2, 0.25) is 5.91 Å². The van der Waals surface area contributed by atoms with Crippen molar-refractivity contribution in [3.63, 3.8) is 0 Å². The minimum absolute atomic E-state index is 0.0721. The van der Waals surface area contributed by atoms with Crippen molar-refractivity contribution in [1.82, 2.24) is 9.80 Å². The number of hydrogen-bond acceptors (Lipinski definition) is 5. The number of benzene rings is 1. The molecule has 1 spiro atoms. The van der Waals surface area contributed by atoms with Gasteiger partial charge in [-0.15, -0.1) is 0 Å². The molecule has 0 saturated carbocycles. The number of carboxylic acid groups (broad SMARTS) is 1. The summed E-state index contributed by atoms with van der Waals surface area (Å²) in [4.78, 5) is 25.5. The third-order valence-corrected chi connectivity index (χ3v) is 6.51. The molecular weight excluding hydrogens is 453 g/mol. The van der Waals surface area contributed by atoms with E-state index in [-0.39, 0.29) is 24.2 Å². The molecule has 3 fully saturated rings. The summed E-state index contributed by atoms with van der Waals surface area (Å²) in [5.74, 6) is -2.61. The Labute approximate surface area is 197 Å². The molecule has 34 heavy (non-hydrogen) atoms. The van der Waals surface area contributed by atoms with Crippen LogP contribution in [0.5, 0.6) is 0 Å². The SMILES string of the molecule is Cc1ccc(C)c(CN2CC3(CC(OCC(=O)N4CCCC4)CCO3)C2)c1.O=C(O)C(F)(F)F. The van der Waals surface area contributed by atoms with Gasteiger partial charge in [-0.3, -0.25) is 9.69 Å². The van der Waals surface area contributed by atoms with Crippen molar-refractivity contribution in [2.45, 2.75) is 64.0 Å². The summed E-state index contributed by atoms with van der Waals surface area (Å²) in [6.45, 7) is 9.99. The lowest BCUT2D eigenvalue weighted by atomic mass is 9.84. The first kappa shape index (κ1) is 26.4. The number of aliphatic carboxylic acids is 1. The quantitative estimate of drug-likeness (QED) is 0.688. The molecule has 1 unspecified atom stereocenters. The molecule has 3 saturated heterocycles. The summed E-state index contributed by atoms with van der Waals surface area (Å²) in [5.41, 5.74) is 4.01. The molecule has 1 aromatic carbocycles. The lowest BCUT2D eigenvalue weighted by Crippen LogP contribution is -2.65. The summed E-state index contributed by atoms with van der Waals surface area (Å²) in [6, 6.07) is 6.67. The second-order valence-corrected chi connectivity index (χ2v) is 9.42. The molecule has 1 aromatic rings. The van der Waals surface area contributed by atoms with Crippen molar-refractivity contribution in [1.29, 1.82) is 0 Å². The fourth-order valence-electron chi connectivity index (χ4n) is 4.68.